The Morgan fingerprint density at radius 1 is 1.21 bits per heavy atom. The number of hydrogen-bond donors (Lipinski definition) is 1. The van der Waals surface area contributed by atoms with Crippen molar-refractivity contribution in [1.82, 2.24) is 24.9 Å². The smallest absolute Gasteiger partial charge is 0.257 e. The zero-order valence-corrected chi connectivity index (χ0v) is 16.7. The van der Waals surface area contributed by atoms with Gasteiger partial charge in [0.25, 0.3) is 5.91 Å². The largest absolute Gasteiger partial charge is 0.338 e. The number of amides is 1. The lowest BCUT2D eigenvalue weighted by atomic mass is 9.90. The van der Waals surface area contributed by atoms with Crippen LogP contribution in [0.25, 0.3) is 11.1 Å². The van der Waals surface area contributed by atoms with Crippen LogP contribution in [0.2, 0.25) is 0 Å². The number of aromatic amines is 1. The lowest BCUT2D eigenvalue weighted by Gasteiger charge is -2.32. The Kier molecular flexibility index (Phi) is 5.03. The van der Waals surface area contributed by atoms with E-state index in [0.717, 1.165) is 36.2 Å². The molecule has 3 heterocycles. The quantitative estimate of drug-likeness (QED) is 0.742. The van der Waals surface area contributed by atoms with E-state index >= 15 is 0 Å². The maximum Gasteiger partial charge on any atom is 0.257 e. The van der Waals surface area contributed by atoms with Gasteiger partial charge in [0.2, 0.25) is 0 Å². The van der Waals surface area contributed by atoms with Gasteiger partial charge in [0, 0.05) is 42.5 Å². The van der Waals surface area contributed by atoms with Crippen molar-refractivity contribution in [2.45, 2.75) is 45.6 Å². The summed E-state index contributed by atoms with van der Waals surface area (Å²) in [6, 6.07) is 8.76. The highest BCUT2D eigenvalue weighted by Gasteiger charge is 2.28. The topological polar surface area (TPSA) is 66.8 Å². The molecule has 28 heavy (non-hydrogen) atoms. The van der Waals surface area contributed by atoms with Crippen molar-refractivity contribution in [2.75, 3.05) is 13.1 Å². The minimum absolute atomic E-state index is 0.0630. The molecule has 1 unspecified atom stereocenters. The van der Waals surface area contributed by atoms with Crippen LogP contribution in [0.1, 0.15) is 60.3 Å². The van der Waals surface area contributed by atoms with Crippen LogP contribution in [0, 0.1) is 6.92 Å². The molecular formula is C22H27N5O. The first-order chi connectivity index (χ1) is 13.5. The molecule has 1 N–H and O–H groups in total. The van der Waals surface area contributed by atoms with Gasteiger partial charge < -0.3 is 4.90 Å². The minimum Gasteiger partial charge on any atom is -0.338 e. The van der Waals surface area contributed by atoms with E-state index < -0.39 is 0 Å². The number of nitrogens with zero attached hydrogens (tertiary/aromatic N) is 4. The number of likely N-dealkylation sites (tertiary alicyclic amines) is 1. The molecule has 1 aliphatic rings. The fourth-order valence-corrected chi connectivity index (χ4v) is 3.88. The first-order valence-corrected chi connectivity index (χ1v) is 9.96. The molecule has 0 saturated carbocycles. The van der Waals surface area contributed by atoms with E-state index in [1.807, 2.05) is 22.0 Å². The molecular weight excluding hydrogens is 350 g/mol. The predicted octanol–water partition coefficient (Wildman–Crippen LogP) is 4.18. The molecule has 4 rings (SSSR count). The van der Waals surface area contributed by atoms with E-state index in [1.165, 1.54) is 5.56 Å². The van der Waals surface area contributed by atoms with Gasteiger partial charge >= 0.3 is 0 Å². The number of H-pyrrole nitrogens is 1. The van der Waals surface area contributed by atoms with E-state index in [2.05, 4.69) is 60.3 Å². The van der Waals surface area contributed by atoms with Crippen LogP contribution < -0.4 is 0 Å². The maximum absolute atomic E-state index is 13.0. The van der Waals surface area contributed by atoms with Gasteiger partial charge in [-0.25, -0.2) is 0 Å². The van der Waals surface area contributed by atoms with E-state index in [4.69, 9.17) is 0 Å². The van der Waals surface area contributed by atoms with Crippen molar-refractivity contribution in [1.29, 1.82) is 0 Å². The molecule has 0 bridgehead atoms. The zero-order valence-electron chi connectivity index (χ0n) is 16.7. The van der Waals surface area contributed by atoms with Crippen molar-refractivity contribution in [2.24, 2.45) is 0 Å². The molecule has 0 aliphatic carbocycles. The second-order valence-electron chi connectivity index (χ2n) is 7.96. The summed E-state index contributed by atoms with van der Waals surface area (Å²) in [6.07, 6.45) is 7.47. The van der Waals surface area contributed by atoms with E-state index in [0.29, 0.717) is 12.1 Å². The fraction of sp³-hybridized carbons (Fsp3) is 0.409. The average Bonchev–Trinajstić information content (AvgIpc) is 3.38. The van der Waals surface area contributed by atoms with Gasteiger partial charge in [-0.2, -0.15) is 10.2 Å². The Hall–Kier alpha value is -2.89. The first-order valence-electron chi connectivity index (χ1n) is 9.96. The second-order valence-corrected chi connectivity index (χ2v) is 7.96. The molecule has 1 atom stereocenters. The summed E-state index contributed by atoms with van der Waals surface area (Å²) in [6.45, 7) is 7.70. The number of hydrogen-bond acceptors (Lipinski definition) is 3. The summed E-state index contributed by atoms with van der Waals surface area (Å²) in [5.74, 6) is 0.324. The molecule has 2 aromatic heterocycles. The standard InChI is InChI=1S/C22H27N5O/c1-15(2)27-14-19(11-24-27)22(28)26-10-4-5-18(13-26)21-20(12-23-25-21)17-8-6-16(3)7-9-17/h6-9,11-12,14-15,18H,4-5,10,13H2,1-3H3,(H,23,25). The number of piperidine rings is 1. The predicted molar refractivity (Wildman–Crippen MR) is 109 cm³/mol. The summed E-state index contributed by atoms with van der Waals surface area (Å²) in [7, 11) is 0. The highest BCUT2D eigenvalue weighted by molar-refractivity contribution is 5.93. The summed E-state index contributed by atoms with van der Waals surface area (Å²) in [5.41, 5.74) is 5.32. The fourth-order valence-electron chi connectivity index (χ4n) is 3.88. The van der Waals surface area contributed by atoms with E-state index in [-0.39, 0.29) is 17.9 Å². The molecule has 1 saturated heterocycles. The zero-order chi connectivity index (χ0) is 19.7. The van der Waals surface area contributed by atoms with Crippen molar-refractivity contribution in [3.05, 3.63) is 59.7 Å². The monoisotopic (exact) mass is 377 g/mol. The van der Waals surface area contributed by atoms with Crippen LogP contribution in [0.4, 0.5) is 0 Å². The number of carbonyl (C=O) groups excluding carboxylic acids is 1. The summed E-state index contributed by atoms with van der Waals surface area (Å²) >= 11 is 0. The highest BCUT2D eigenvalue weighted by atomic mass is 16.2. The Bertz CT molecular complexity index is 953. The van der Waals surface area contributed by atoms with Crippen LogP contribution in [0.5, 0.6) is 0 Å². The van der Waals surface area contributed by atoms with Gasteiger partial charge in [0.1, 0.15) is 0 Å². The van der Waals surface area contributed by atoms with Gasteiger partial charge in [0.15, 0.2) is 0 Å². The molecule has 1 aliphatic heterocycles. The first kappa shape index (κ1) is 18.5. The Balaban J connectivity index is 1.54. The van der Waals surface area contributed by atoms with Crippen LogP contribution in [0.15, 0.2) is 42.9 Å². The molecule has 0 spiro atoms. The van der Waals surface area contributed by atoms with Crippen molar-refractivity contribution in [3.63, 3.8) is 0 Å². The van der Waals surface area contributed by atoms with Gasteiger partial charge in [-0.15, -0.1) is 0 Å². The molecule has 1 aromatic carbocycles. The number of carbonyl (C=O) groups is 1. The molecule has 3 aromatic rings. The number of aryl methyl sites for hydroxylation is 1. The lowest BCUT2D eigenvalue weighted by molar-refractivity contribution is 0.0706. The molecule has 1 amide bonds. The third kappa shape index (κ3) is 3.59. The van der Waals surface area contributed by atoms with Crippen molar-refractivity contribution >= 4 is 5.91 Å². The summed E-state index contributed by atoms with van der Waals surface area (Å²) in [5, 5.41) is 11.8. The normalized spacial score (nSPS) is 17.3. The van der Waals surface area contributed by atoms with Gasteiger partial charge in [-0.3, -0.25) is 14.6 Å². The average molecular weight is 377 g/mol. The van der Waals surface area contributed by atoms with Crippen molar-refractivity contribution in [3.8, 4) is 11.1 Å². The summed E-state index contributed by atoms with van der Waals surface area (Å²) < 4.78 is 1.83. The number of benzene rings is 1. The SMILES string of the molecule is Cc1ccc(-c2cn[nH]c2C2CCCN(C(=O)c3cnn(C(C)C)c3)C2)cc1. The van der Waals surface area contributed by atoms with Gasteiger partial charge in [0.05, 0.1) is 18.0 Å². The summed E-state index contributed by atoms with van der Waals surface area (Å²) in [4.78, 5) is 14.9. The van der Waals surface area contributed by atoms with Gasteiger partial charge in [-0.1, -0.05) is 29.8 Å². The minimum atomic E-state index is 0.0630. The lowest BCUT2D eigenvalue weighted by Crippen LogP contribution is -2.39. The molecule has 1 fully saturated rings. The van der Waals surface area contributed by atoms with Gasteiger partial charge in [-0.05, 0) is 39.2 Å². The number of nitrogens with one attached hydrogen (secondary N) is 1. The van der Waals surface area contributed by atoms with Crippen LogP contribution in [0.3, 0.4) is 0 Å². The number of rotatable bonds is 4. The van der Waals surface area contributed by atoms with E-state index in [9.17, 15) is 4.79 Å². The van der Waals surface area contributed by atoms with Crippen LogP contribution in [-0.4, -0.2) is 43.9 Å². The Labute approximate surface area is 165 Å². The van der Waals surface area contributed by atoms with E-state index in [1.54, 1.807) is 6.20 Å². The number of aromatic nitrogens is 4. The van der Waals surface area contributed by atoms with Crippen LogP contribution >= 0.6 is 0 Å². The highest BCUT2D eigenvalue weighted by Crippen LogP contribution is 2.33. The maximum atomic E-state index is 13.0. The molecule has 146 valence electrons. The molecule has 0 radical (unpaired) electrons. The Morgan fingerprint density at radius 2 is 2.00 bits per heavy atom. The second kappa shape index (κ2) is 7.62. The molecule has 6 nitrogen and oxygen atoms in total. The van der Waals surface area contributed by atoms with Crippen LogP contribution in [-0.2, 0) is 0 Å². The van der Waals surface area contributed by atoms with Crippen molar-refractivity contribution < 1.29 is 4.79 Å². The third-order valence-corrected chi connectivity index (χ3v) is 5.53. The Morgan fingerprint density at radius 3 is 2.71 bits per heavy atom. The third-order valence-electron chi connectivity index (χ3n) is 5.53. The molecule has 6 heteroatoms.